The van der Waals surface area contributed by atoms with Crippen LogP contribution in [0.3, 0.4) is 0 Å². The first-order valence-electron chi connectivity index (χ1n) is 8.07. The summed E-state index contributed by atoms with van der Waals surface area (Å²) in [6.07, 6.45) is 1.52. The molecule has 7 heteroatoms. The third-order valence-electron chi connectivity index (χ3n) is 4.49. The van der Waals surface area contributed by atoms with E-state index < -0.39 is 29.4 Å². The molecule has 0 N–H and O–H groups in total. The molecule has 0 aliphatic carbocycles. The molecule has 0 bridgehead atoms. The number of rotatable bonds is 5. The maximum atomic E-state index is 12.5. The van der Waals surface area contributed by atoms with E-state index in [1.165, 1.54) is 27.4 Å². The molecule has 1 aromatic rings. The Balaban J connectivity index is 2.80. The number of hydrogen-bond donors (Lipinski definition) is 0. The van der Waals surface area contributed by atoms with Gasteiger partial charge in [-0.2, -0.15) is 0 Å². The fourth-order valence-electron chi connectivity index (χ4n) is 3.25. The van der Waals surface area contributed by atoms with Crippen molar-refractivity contribution >= 4 is 24.0 Å². The Morgan fingerprint density at radius 3 is 2.04 bits per heavy atom. The molecule has 0 radical (unpaired) electrons. The molecule has 2 rings (SSSR count). The molecule has 1 heterocycles. The van der Waals surface area contributed by atoms with Crippen molar-refractivity contribution in [3.63, 3.8) is 0 Å². The van der Waals surface area contributed by atoms with Crippen molar-refractivity contribution in [1.29, 1.82) is 0 Å². The number of methoxy groups -OCH3 is 3. The fourth-order valence-corrected chi connectivity index (χ4v) is 3.25. The summed E-state index contributed by atoms with van der Waals surface area (Å²) in [5.41, 5.74) is -0.260. The number of hydrogen-bond acceptors (Lipinski definition) is 7. The fraction of sp³-hybridized carbons (Fsp3) is 0.421. The van der Waals surface area contributed by atoms with Crippen LogP contribution in [0.4, 0.5) is 0 Å². The average molecular weight is 362 g/mol. The van der Waals surface area contributed by atoms with Crippen molar-refractivity contribution in [3.8, 4) is 0 Å². The zero-order valence-electron chi connectivity index (χ0n) is 15.4. The van der Waals surface area contributed by atoms with Gasteiger partial charge in [-0.1, -0.05) is 38.1 Å². The molecule has 1 aromatic carbocycles. The molecule has 0 spiro atoms. The normalized spacial score (nSPS) is 18.5. The number of carbonyl (C=O) groups excluding carboxylic acids is 3. The van der Waals surface area contributed by atoms with Gasteiger partial charge in [-0.25, -0.2) is 4.79 Å². The van der Waals surface area contributed by atoms with Crippen molar-refractivity contribution < 1.29 is 33.3 Å². The predicted molar refractivity (Wildman–Crippen MR) is 91.6 cm³/mol. The summed E-state index contributed by atoms with van der Waals surface area (Å²) in [5.74, 6) is -4.25. The molecule has 1 aliphatic rings. The van der Waals surface area contributed by atoms with Crippen LogP contribution in [0.15, 0.2) is 30.0 Å². The van der Waals surface area contributed by atoms with Crippen LogP contribution in [0.1, 0.15) is 25.0 Å². The first-order chi connectivity index (χ1) is 12.3. The van der Waals surface area contributed by atoms with Gasteiger partial charge in [-0.3, -0.25) is 9.59 Å². The lowest BCUT2D eigenvalue weighted by molar-refractivity contribution is -0.184. The van der Waals surface area contributed by atoms with E-state index in [1.807, 2.05) is 0 Å². The second-order valence-electron chi connectivity index (χ2n) is 6.12. The third kappa shape index (κ3) is 3.05. The van der Waals surface area contributed by atoms with Crippen molar-refractivity contribution in [2.24, 2.45) is 11.8 Å². The van der Waals surface area contributed by atoms with Gasteiger partial charge in [-0.15, -0.1) is 0 Å². The molecule has 0 aromatic heterocycles. The van der Waals surface area contributed by atoms with E-state index in [4.69, 9.17) is 18.9 Å². The maximum absolute atomic E-state index is 12.5. The van der Waals surface area contributed by atoms with Crippen LogP contribution in [0.25, 0.3) is 6.08 Å². The Morgan fingerprint density at radius 1 is 0.962 bits per heavy atom. The quantitative estimate of drug-likeness (QED) is 0.450. The first-order valence-corrected chi connectivity index (χ1v) is 8.07. The van der Waals surface area contributed by atoms with Crippen molar-refractivity contribution in [2.75, 3.05) is 21.3 Å². The average Bonchev–Trinajstić information content (AvgIpc) is 2.66. The molecule has 0 saturated heterocycles. The second-order valence-corrected chi connectivity index (χ2v) is 6.12. The van der Waals surface area contributed by atoms with Crippen LogP contribution in [0.5, 0.6) is 0 Å². The van der Waals surface area contributed by atoms with Gasteiger partial charge in [0, 0.05) is 5.56 Å². The Kier molecular flexibility index (Phi) is 5.69. The summed E-state index contributed by atoms with van der Waals surface area (Å²) in [7, 11) is 3.58. The first kappa shape index (κ1) is 19.5. The van der Waals surface area contributed by atoms with E-state index in [1.54, 1.807) is 38.1 Å². The Bertz CT molecular complexity index is 734. The standard InChI is InChI=1S/C19H22O7/c1-11(2)19(15(17(21)24-4)18(22)25-5)13-9-7-6-8-12(13)10-14(26-19)16(20)23-3/h6-11,15H,1-5H3. The van der Waals surface area contributed by atoms with E-state index in [2.05, 4.69) is 0 Å². The number of ether oxygens (including phenoxy) is 4. The minimum absolute atomic E-state index is 0.0993. The Labute approximate surface area is 151 Å². The molecular formula is C19H22O7. The van der Waals surface area contributed by atoms with Crippen LogP contribution < -0.4 is 0 Å². The van der Waals surface area contributed by atoms with Gasteiger partial charge < -0.3 is 18.9 Å². The molecule has 0 saturated carbocycles. The molecule has 0 fully saturated rings. The van der Waals surface area contributed by atoms with Gasteiger partial charge in [-0.05, 0) is 17.6 Å². The third-order valence-corrected chi connectivity index (χ3v) is 4.49. The van der Waals surface area contributed by atoms with Crippen LogP contribution in [-0.2, 0) is 38.9 Å². The molecule has 7 nitrogen and oxygen atoms in total. The number of esters is 3. The van der Waals surface area contributed by atoms with Gasteiger partial charge >= 0.3 is 17.9 Å². The van der Waals surface area contributed by atoms with E-state index in [-0.39, 0.29) is 11.7 Å². The van der Waals surface area contributed by atoms with Crippen molar-refractivity contribution in [3.05, 3.63) is 41.2 Å². The number of carbonyl (C=O) groups is 3. The minimum Gasteiger partial charge on any atom is -0.473 e. The monoisotopic (exact) mass is 362 g/mol. The SMILES string of the molecule is COC(=O)C1=Cc2ccccc2C(C(C)C)(C(C(=O)OC)C(=O)OC)O1. The smallest absolute Gasteiger partial charge is 0.373 e. The van der Waals surface area contributed by atoms with E-state index in [0.29, 0.717) is 11.1 Å². The summed E-state index contributed by atoms with van der Waals surface area (Å²) in [6, 6.07) is 7.07. The summed E-state index contributed by atoms with van der Waals surface area (Å²) in [4.78, 5) is 37.2. The lowest BCUT2D eigenvalue weighted by Crippen LogP contribution is -2.52. The maximum Gasteiger partial charge on any atom is 0.373 e. The van der Waals surface area contributed by atoms with Crippen molar-refractivity contribution in [2.45, 2.75) is 19.4 Å². The summed E-state index contributed by atoms with van der Waals surface area (Å²) >= 11 is 0. The highest BCUT2D eigenvalue weighted by Crippen LogP contribution is 2.48. The van der Waals surface area contributed by atoms with E-state index in [9.17, 15) is 14.4 Å². The minimum atomic E-state index is -1.49. The summed E-state index contributed by atoms with van der Waals surface area (Å²) < 4.78 is 20.5. The van der Waals surface area contributed by atoms with Crippen LogP contribution in [0.2, 0.25) is 0 Å². The predicted octanol–water partition coefficient (Wildman–Crippen LogP) is 2.04. The zero-order chi connectivity index (χ0) is 19.5. The van der Waals surface area contributed by atoms with E-state index in [0.717, 1.165) is 0 Å². The molecule has 140 valence electrons. The van der Waals surface area contributed by atoms with Gasteiger partial charge in [0.25, 0.3) is 0 Å². The topological polar surface area (TPSA) is 88.1 Å². The Morgan fingerprint density at radius 2 is 1.54 bits per heavy atom. The van der Waals surface area contributed by atoms with Gasteiger partial charge in [0.15, 0.2) is 11.5 Å². The van der Waals surface area contributed by atoms with Crippen molar-refractivity contribution in [1.82, 2.24) is 0 Å². The van der Waals surface area contributed by atoms with Gasteiger partial charge in [0.05, 0.1) is 21.3 Å². The van der Waals surface area contributed by atoms with E-state index >= 15 is 0 Å². The highest BCUT2D eigenvalue weighted by molar-refractivity contribution is 5.98. The van der Waals surface area contributed by atoms with Gasteiger partial charge in [0.2, 0.25) is 5.76 Å². The highest BCUT2D eigenvalue weighted by atomic mass is 16.6. The van der Waals surface area contributed by atoms with Crippen LogP contribution >= 0.6 is 0 Å². The highest BCUT2D eigenvalue weighted by Gasteiger charge is 2.57. The summed E-state index contributed by atoms with van der Waals surface area (Å²) in [5, 5.41) is 0. The lowest BCUT2D eigenvalue weighted by Gasteiger charge is -2.44. The number of benzene rings is 1. The Hall–Kier alpha value is -2.83. The lowest BCUT2D eigenvalue weighted by atomic mass is 9.70. The van der Waals surface area contributed by atoms with Gasteiger partial charge in [0.1, 0.15) is 0 Å². The van der Waals surface area contributed by atoms with Crippen LogP contribution in [0, 0.1) is 11.8 Å². The summed E-state index contributed by atoms with van der Waals surface area (Å²) in [6.45, 7) is 3.58. The second kappa shape index (κ2) is 7.59. The molecule has 26 heavy (non-hydrogen) atoms. The molecular weight excluding hydrogens is 340 g/mol. The zero-order valence-corrected chi connectivity index (χ0v) is 15.4. The molecule has 1 aliphatic heterocycles. The molecule has 0 amide bonds. The van der Waals surface area contributed by atoms with Crippen LogP contribution in [-0.4, -0.2) is 39.2 Å². The molecule has 1 atom stereocenters. The molecule has 1 unspecified atom stereocenters. The number of fused-ring (bicyclic) bond motifs is 1. The largest absolute Gasteiger partial charge is 0.473 e.